The lowest BCUT2D eigenvalue weighted by Crippen LogP contribution is -1.92. The van der Waals surface area contributed by atoms with E-state index >= 15 is 0 Å². The minimum atomic E-state index is 0.111. The van der Waals surface area contributed by atoms with Crippen molar-refractivity contribution in [2.45, 2.75) is 6.23 Å². The lowest BCUT2D eigenvalue weighted by Gasteiger charge is -2.12. The molecular formula is C18H13NO. The highest BCUT2D eigenvalue weighted by atomic mass is 16.8. The van der Waals surface area contributed by atoms with Crippen molar-refractivity contribution in [1.82, 2.24) is 5.06 Å². The summed E-state index contributed by atoms with van der Waals surface area (Å²) in [7, 11) is 1.97. The summed E-state index contributed by atoms with van der Waals surface area (Å²) in [5, 5.41) is 9.85. The Morgan fingerprint density at radius 1 is 0.800 bits per heavy atom. The smallest absolute Gasteiger partial charge is 0.180 e. The number of hydrogen-bond donors (Lipinski definition) is 0. The van der Waals surface area contributed by atoms with Crippen LogP contribution in [0, 0.1) is 0 Å². The van der Waals surface area contributed by atoms with E-state index in [9.17, 15) is 0 Å². The summed E-state index contributed by atoms with van der Waals surface area (Å²) >= 11 is 0. The summed E-state index contributed by atoms with van der Waals surface area (Å²) < 4.78 is 0. The van der Waals surface area contributed by atoms with Crippen LogP contribution in [0.15, 0.2) is 54.6 Å². The zero-order valence-corrected chi connectivity index (χ0v) is 11.1. The normalized spacial score (nSPS) is 22.1. The van der Waals surface area contributed by atoms with Gasteiger partial charge < -0.3 is 0 Å². The van der Waals surface area contributed by atoms with Crippen molar-refractivity contribution >= 4 is 32.3 Å². The Morgan fingerprint density at radius 3 is 2.10 bits per heavy atom. The topological polar surface area (TPSA) is 15.5 Å². The van der Waals surface area contributed by atoms with Crippen molar-refractivity contribution in [2.75, 3.05) is 7.05 Å². The van der Waals surface area contributed by atoms with E-state index in [-0.39, 0.29) is 6.23 Å². The first kappa shape index (κ1) is 10.6. The molecule has 0 radical (unpaired) electrons. The highest BCUT2D eigenvalue weighted by molar-refractivity contribution is 6.23. The summed E-state index contributed by atoms with van der Waals surface area (Å²) in [6.07, 6.45) is 0.111. The number of hydroxylamine groups is 2. The zero-order chi connectivity index (χ0) is 13.3. The largest absolute Gasteiger partial charge is 0.270 e. The van der Waals surface area contributed by atoms with Gasteiger partial charge in [0.25, 0.3) is 0 Å². The van der Waals surface area contributed by atoms with Gasteiger partial charge in [-0.25, -0.2) is 0 Å². The van der Waals surface area contributed by atoms with Gasteiger partial charge in [-0.2, -0.15) is 5.06 Å². The molecule has 0 aromatic heterocycles. The maximum atomic E-state index is 5.53. The molecule has 2 nitrogen and oxygen atoms in total. The molecule has 1 aliphatic heterocycles. The van der Waals surface area contributed by atoms with Gasteiger partial charge in [0, 0.05) is 12.6 Å². The van der Waals surface area contributed by atoms with Crippen molar-refractivity contribution < 1.29 is 4.84 Å². The molecule has 4 aromatic rings. The third-order valence-electron chi connectivity index (χ3n) is 4.38. The van der Waals surface area contributed by atoms with Crippen LogP contribution < -0.4 is 0 Å². The van der Waals surface area contributed by atoms with Crippen LogP contribution in [0.4, 0.5) is 0 Å². The highest BCUT2D eigenvalue weighted by Gasteiger charge is 2.35. The van der Waals surface area contributed by atoms with Gasteiger partial charge in [-0.15, -0.1) is 0 Å². The van der Waals surface area contributed by atoms with E-state index in [0.29, 0.717) is 0 Å². The molecular weight excluding hydrogens is 246 g/mol. The van der Waals surface area contributed by atoms with E-state index in [1.807, 2.05) is 12.1 Å². The minimum absolute atomic E-state index is 0.111. The Balaban J connectivity index is 2.02. The molecule has 0 saturated carbocycles. The van der Waals surface area contributed by atoms with Crippen LogP contribution in [0.1, 0.15) is 11.8 Å². The highest BCUT2D eigenvalue weighted by Crippen LogP contribution is 2.42. The molecule has 1 aliphatic rings. The van der Waals surface area contributed by atoms with Gasteiger partial charge >= 0.3 is 0 Å². The molecule has 0 N–H and O–H groups in total. The molecule has 2 atom stereocenters. The second-order valence-electron chi connectivity index (χ2n) is 5.51. The van der Waals surface area contributed by atoms with Crippen molar-refractivity contribution in [2.24, 2.45) is 0 Å². The van der Waals surface area contributed by atoms with Crippen LogP contribution >= 0.6 is 0 Å². The first-order valence-corrected chi connectivity index (χ1v) is 6.89. The molecule has 5 rings (SSSR count). The molecule has 1 fully saturated rings. The van der Waals surface area contributed by atoms with Crippen LogP contribution in [0.25, 0.3) is 32.3 Å². The Morgan fingerprint density at radius 2 is 1.40 bits per heavy atom. The summed E-state index contributed by atoms with van der Waals surface area (Å²) in [5.74, 6) is 0. The van der Waals surface area contributed by atoms with E-state index in [4.69, 9.17) is 4.84 Å². The fourth-order valence-corrected chi connectivity index (χ4v) is 3.36. The van der Waals surface area contributed by atoms with Crippen molar-refractivity contribution in [3.05, 3.63) is 60.2 Å². The van der Waals surface area contributed by atoms with Crippen molar-refractivity contribution in [1.29, 1.82) is 0 Å². The van der Waals surface area contributed by atoms with Gasteiger partial charge in [0.15, 0.2) is 6.23 Å². The number of nitrogens with zero attached hydrogens (tertiary/aromatic N) is 1. The quantitative estimate of drug-likeness (QED) is 0.370. The van der Waals surface area contributed by atoms with E-state index in [1.165, 1.54) is 37.9 Å². The Labute approximate surface area is 116 Å². The summed E-state index contributed by atoms with van der Waals surface area (Å²) in [6, 6.07) is 19.8. The zero-order valence-electron chi connectivity index (χ0n) is 11.1. The molecule has 0 aliphatic carbocycles. The Kier molecular flexibility index (Phi) is 1.85. The molecule has 1 unspecified atom stereocenters. The second-order valence-corrected chi connectivity index (χ2v) is 5.51. The third kappa shape index (κ3) is 1.25. The molecule has 0 amide bonds. The summed E-state index contributed by atoms with van der Waals surface area (Å²) in [6.45, 7) is 0. The number of hydrogen-bond acceptors (Lipinski definition) is 2. The molecule has 96 valence electrons. The van der Waals surface area contributed by atoms with Crippen LogP contribution in [-0.4, -0.2) is 12.1 Å². The van der Waals surface area contributed by atoms with Crippen molar-refractivity contribution in [3.8, 4) is 0 Å². The molecule has 20 heavy (non-hydrogen) atoms. The lowest BCUT2D eigenvalue weighted by atomic mass is 9.92. The van der Waals surface area contributed by atoms with Crippen LogP contribution in [0.2, 0.25) is 0 Å². The molecule has 1 saturated heterocycles. The fraction of sp³-hybridized carbons (Fsp3) is 0.111. The van der Waals surface area contributed by atoms with E-state index < -0.39 is 0 Å². The van der Waals surface area contributed by atoms with Gasteiger partial charge in [-0.3, -0.25) is 4.84 Å². The molecule has 0 bridgehead atoms. The van der Waals surface area contributed by atoms with Gasteiger partial charge in [-0.1, -0.05) is 54.6 Å². The van der Waals surface area contributed by atoms with E-state index in [2.05, 4.69) is 54.6 Å². The van der Waals surface area contributed by atoms with Crippen LogP contribution in [0.5, 0.6) is 0 Å². The Hall–Kier alpha value is -2.16. The standard InChI is InChI=1S/C18H13NO/c1-19-18(20-19)15-10-8-13-6-5-11-3-2-4-12-7-9-14(15)17(13)16(11)12/h2-10,18H,1H3/t18-,19?/m0/s1. The van der Waals surface area contributed by atoms with Gasteiger partial charge in [0.05, 0.1) is 0 Å². The maximum Gasteiger partial charge on any atom is 0.180 e. The molecule has 0 spiro atoms. The summed E-state index contributed by atoms with van der Waals surface area (Å²) in [4.78, 5) is 5.53. The predicted molar refractivity (Wildman–Crippen MR) is 81.7 cm³/mol. The third-order valence-corrected chi connectivity index (χ3v) is 4.38. The Bertz CT molecular complexity index is 944. The van der Waals surface area contributed by atoms with Gasteiger partial charge in [0.2, 0.25) is 0 Å². The monoisotopic (exact) mass is 259 g/mol. The number of rotatable bonds is 1. The number of benzene rings is 4. The minimum Gasteiger partial charge on any atom is -0.270 e. The van der Waals surface area contributed by atoms with E-state index in [1.54, 1.807) is 0 Å². The average molecular weight is 259 g/mol. The molecule has 1 heterocycles. The maximum absolute atomic E-state index is 5.53. The fourth-order valence-electron chi connectivity index (χ4n) is 3.36. The molecule has 4 aromatic carbocycles. The SMILES string of the molecule is CN1O[C@H]1c1ccc2ccc3cccc4ccc1c2c34. The van der Waals surface area contributed by atoms with Crippen molar-refractivity contribution in [3.63, 3.8) is 0 Å². The molecule has 2 heteroatoms. The first-order valence-electron chi connectivity index (χ1n) is 6.89. The second kappa shape index (κ2) is 3.48. The van der Waals surface area contributed by atoms with Gasteiger partial charge in [0.1, 0.15) is 0 Å². The lowest BCUT2D eigenvalue weighted by molar-refractivity contribution is 0.233. The van der Waals surface area contributed by atoms with E-state index in [0.717, 1.165) is 0 Å². The van der Waals surface area contributed by atoms with Gasteiger partial charge in [-0.05, 0) is 32.3 Å². The van der Waals surface area contributed by atoms with Crippen LogP contribution in [0.3, 0.4) is 0 Å². The summed E-state index contributed by atoms with van der Waals surface area (Å²) in [5.41, 5.74) is 1.26. The average Bonchev–Trinajstić information content (AvgIpc) is 3.21. The van der Waals surface area contributed by atoms with Crippen LogP contribution in [-0.2, 0) is 4.84 Å². The first-order chi connectivity index (χ1) is 9.83. The predicted octanol–water partition coefficient (Wildman–Crippen LogP) is 4.46.